The summed E-state index contributed by atoms with van der Waals surface area (Å²) in [6.07, 6.45) is 2.07. The van der Waals surface area contributed by atoms with E-state index in [1.807, 2.05) is 19.2 Å². The third-order valence-electron chi connectivity index (χ3n) is 3.17. The molecule has 0 aliphatic rings. The molecule has 0 aromatic heterocycles. The topological polar surface area (TPSA) is 55.6 Å². The lowest BCUT2D eigenvalue weighted by Gasteiger charge is -2.18. The summed E-state index contributed by atoms with van der Waals surface area (Å²) in [5, 5.41) is 0. The minimum atomic E-state index is 0.150. The number of aryl methyl sites for hydroxylation is 1. The Bertz CT molecular complexity index is 419. The van der Waals surface area contributed by atoms with Crippen molar-refractivity contribution in [3.63, 3.8) is 0 Å². The summed E-state index contributed by atoms with van der Waals surface area (Å²) in [5.41, 5.74) is 7.75. The van der Waals surface area contributed by atoms with Crippen LogP contribution >= 0.6 is 0 Å². The molecule has 0 bridgehead atoms. The molecule has 0 aliphatic carbocycles. The summed E-state index contributed by atoms with van der Waals surface area (Å²) in [6, 6.07) is 6.11. The molecule has 4 nitrogen and oxygen atoms in total. The van der Waals surface area contributed by atoms with Gasteiger partial charge in [0.2, 0.25) is 5.91 Å². The van der Waals surface area contributed by atoms with Crippen LogP contribution in [-0.4, -0.2) is 38.1 Å². The summed E-state index contributed by atoms with van der Waals surface area (Å²) in [4.78, 5) is 13.5. The van der Waals surface area contributed by atoms with E-state index in [0.29, 0.717) is 19.5 Å². The van der Waals surface area contributed by atoms with Gasteiger partial charge in [0.25, 0.3) is 0 Å². The Morgan fingerprint density at radius 1 is 1.42 bits per heavy atom. The number of carbonyl (C=O) groups is 1. The molecule has 4 heteroatoms. The molecule has 0 heterocycles. The lowest BCUT2D eigenvalue weighted by atomic mass is 10.1. The second kappa shape index (κ2) is 7.79. The van der Waals surface area contributed by atoms with Crippen molar-refractivity contribution in [2.24, 2.45) is 5.73 Å². The fourth-order valence-corrected chi connectivity index (χ4v) is 1.96. The molecule has 0 saturated heterocycles. The minimum absolute atomic E-state index is 0.150. The predicted molar refractivity (Wildman–Crippen MR) is 77.4 cm³/mol. The first-order chi connectivity index (χ1) is 9.08. The smallest absolute Gasteiger partial charge is 0.222 e. The van der Waals surface area contributed by atoms with Gasteiger partial charge in [-0.2, -0.15) is 0 Å². The van der Waals surface area contributed by atoms with Crippen LogP contribution in [-0.2, 0) is 11.2 Å². The number of methoxy groups -OCH3 is 1. The van der Waals surface area contributed by atoms with E-state index in [4.69, 9.17) is 10.5 Å². The zero-order chi connectivity index (χ0) is 14.3. The summed E-state index contributed by atoms with van der Waals surface area (Å²) in [6.45, 7) is 3.31. The number of ether oxygens (including phenoxy) is 1. The predicted octanol–water partition coefficient (Wildman–Crippen LogP) is 1.74. The van der Waals surface area contributed by atoms with Crippen molar-refractivity contribution >= 4 is 5.91 Å². The number of rotatable bonds is 7. The van der Waals surface area contributed by atoms with Crippen LogP contribution in [0.1, 0.15) is 24.0 Å². The molecule has 0 saturated carbocycles. The van der Waals surface area contributed by atoms with Gasteiger partial charge in [0.15, 0.2) is 0 Å². The van der Waals surface area contributed by atoms with Crippen molar-refractivity contribution in [2.45, 2.75) is 26.2 Å². The number of benzene rings is 1. The molecule has 1 aromatic carbocycles. The van der Waals surface area contributed by atoms with Crippen molar-refractivity contribution in [2.75, 3.05) is 27.2 Å². The molecule has 0 spiro atoms. The molecule has 2 N–H and O–H groups in total. The zero-order valence-corrected chi connectivity index (χ0v) is 12.1. The number of likely N-dealkylation sites (N-methyl/N-ethyl adjacent to an activating group) is 1. The van der Waals surface area contributed by atoms with Gasteiger partial charge in [0.05, 0.1) is 7.11 Å². The molecule has 0 unspecified atom stereocenters. The zero-order valence-electron chi connectivity index (χ0n) is 12.1. The second-order valence-corrected chi connectivity index (χ2v) is 4.77. The van der Waals surface area contributed by atoms with Crippen LogP contribution in [0.25, 0.3) is 0 Å². The summed E-state index contributed by atoms with van der Waals surface area (Å²) in [5.74, 6) is 1.03. The molecule has 0 aliphatic heterocycles. The van der Waals surface area contributed by atoms with E-state index >= 15 is 0 Å². The highest BCUT2D eigenvalue weighted by atomic mass is 16.5. The molecular weight excluding hydrogens is 240 g/mol. The van der Waals surface area contributed by atoms with Gasteiger partial charge in [-0.1, -0.05) is 17.7 Å². The number of amides is 1. The number of hydrogen-bond donors (Lipinski definition) is 1. The first-order valence-electron chi connectivity index (χ1n) is 6.66. The largest absolute Gasteiger partial charge is 0.496 e. The molecule has 0 fully saturated rings. The van der Waals surface area contributed by atoms with Crippen LogP contribution in [0.5, 0.6) is 5.75 Å². The Morgan fingerprint density at radius 3 is 2.79 bits per heavy atom. The minimum Gasteiger partial charge on any atom is -0.496 e. The maximum atomic E-state index is 11.8. The molecule has 106 valence electrons. The highest BCUT2D eigenvalue weighted by Gasteiger charge is 2.10. The molecule has 0 atom stereocenters. The van der Waals surface area contributed by atoms with Crippen LogP contribution < -0.4 is 10.5 Å². The fourth-order valence-electron chi connectivity index (χ4n) is 1.96. The van der Waals surface area contributed by atoms with Crippen molar-refractivity contribution in [1.82, 2.24) is 4.90 Å². The molecule has 19 heavy (non-hydrogen) atoms. The first-order valence-corrected chi connectivity index (χ1v) is 6.66. The van der Waals surface area contributed by atoms with Gasteiger partial charge in [-0.3, -0.25) is 4.79 Å². The second-order valence-electron chi connectivity index (χ2n) is 4.77. The standard InChI is InChI=1S/C15H24N2O2/c1-12-6-7-14(19-3)13(11-12)8-10-17(2)15(18)5-4-9-16/h6-7,11H,4-5,8-10,16H2,1-3H3. The average molecular weight is 264 g/mol. The maximum Gasteiger partial charge on any atom is 0.222 e. The summed E-state index contributed by atoms with van der Waals surface area (Å²) in [7, 11) is 3.51. The van der Waals surface area contributed by atoms with E-state index in [1.165, 1.54) is 5.56 Å². The molecule has 1 amide bonds. The highest BCUT2D eigenvalue weighted by Crippen LogP contribution is 2.20. The van der Waals surface area contributed by atoms with E-state index in [0.717, 1.165) is 24.2 Å². The number of hydrogen-bond acceptors (Lipinski definition) is 3. The van der Waals surface area contributed by atoms with Crippen LogP contribution in [0, 0.1) is 6.92 Å². The Kier molecular flexibility index (Phi) is 6.36. The summed E-state index contributed by atoms with van der Waals surface area (Å²) >= 11 is 0. The number of nitrogens with two attached hydrogens (primary N) is 1. The molecular formula is C15H24N2O2. The van der Waals surface area contributed by atoms with Gasteiger partial charge in [-0.15, -0.1) is 0 Å². The van der Waals surface area contributed by atoms with Crippen molar-refractivity contribution in [3.8, 4) is 5.75 Å². The van der Waals surface area contributed by atoms with Crippen LogP contribution in [0.2, 0.25) is 0 Å². The average Bonchev–Trinajstić information content (AvgIpc) is 2.42. The van der Waals surface area contributed by atoms with E-state index in [2.05, 4.69) is 13.0 Å². The lowest BCUT2D eigenvalue weighted by Crippen LogP contribution is -2.29. The van der Waals surface area contributed by atoms with Crippen LogP contribution in [0.4, 0.5) is 0 Å². The summed E-state index contributed by atoms with van der Waals surface area (Å²) < 4.78 is 5.34. The molecule has 1 rings (SSSR count). The Hall–Kier alpha value is -1.55. The molecule has 0 radical (unpaired) electrons. The Morgan fingerprint density at radius 2 is 2.16 bits per heavy atom. The van der Waals surface area contributed by atoms with Gasteiger partial charge in [-0.25, -0.2) is 0 Å². The third-order valence-corrected chi connectivity index (χ3v) is 3.17. The van der Waals surface area contributed by atoms with E-state index in [1.54, 1.807) is 12.0 Å². The Labute approximate surface area is 115 Å². The fraction of sp³-hybridized carbons (Fsp3) is 0.533. The van der Waals surface area contributed by atoms with E-state index in [9.17, 15) is 4.79 Å². The molecule has 1 aromatic rings. The normalized spacial score (nSPS) is 10.3. The maximum absolute atomic E-state index is 11.8. The Balaban J connectivity index is 2.56. The van der Waals surface area contributed by atoms with E-state index in [-0.39, 0.29) is 5.91 Å². The van der Waals surface area contributed by atoms with Crippen molar-refractivity contribution in [3.05, 3.63) is 29.3 Å². The van der Waals surface area contributed by atoms with Crippen LogP contribution in [0.15, 0.2) is 18.2 Å². The van der Waals surface area contributed by atoms with Gasteiger partial charge >= 0.3 is 0 Å². The first kappa shape index (κ1) is 15.5. The monoisotopic (exact) mass is 264 g/mol. The van der Waals surface area contributed by atoms with E-state index < -0.39 is 0 Å². The number of carbonyl (C=O) groups excluding carboxylic acids is 1. The van der Waals surface area contributed by atoms with Crippen molar-refractivity contribution < 1.29 is 9.53 Å². The van der Waals surface area contributed by atoms with Gasteiger partial charge < -0.3 is 15.4 Å². The van der Waals surface area contributed by atoms with Gasteiger partial charge in [-0.05, 0) is 37.9 Å². The SMILES string of the molecule is COc1ccc(C)cc1CCN(C)C(=O)CCCN. The van der Waals surface area contributed by atoms with Crippen LogP contribution in [0.3, 0.4) is 0 Å². The van der Waals surface area contributed by atoms with Gasteiger partial charge in [0, 0.05) is 20.0 Å². The lowest BCUT2D eigenvalue weighted by molar-refractivity contribution is -0.129. The quantitative estimate of drug-likeness (QED) is 0.816. The van der Waals surface area contributed by atoms with Crippen molar-refractivity contribution in [1.29, 1.82) is 0 Å². The van der Waals surface area contributed by atoms with Gasteiger partial charge in [0.1, 0.15) is 5.75 Å². The third kappa shape index (κ3) is 4.91. The number of nitrogens with zero attached hydrogens (tertiary/aromatic N) is 1. The highest BCUT2D eigenvalue weighted by molar-refractivity contribution is 5.75.